The summed E-state index contributed by atoms with van der Waals surface area (Å²) in [4.78, 5) is 22.1. The second-order valence-corrected chi connectivity index (χ2v) is 10.9. The van der Waals surface area contributed by atoms with E-state index >= 15 is 0 Å². The van der Waals surface area contributed by atoms with Crippen LogP contribution < -0.4 is 10.2 Å². The van der Waals surface area contributed by atoms with E-state index in [-0.39, 0.29) is 17.2 Å². The van der Waals surface area contributed by atoms with Crippen LogP contribution in [0, 0.1) is 0 Å². The fraction of sp³-hybridized carbons (Fsp3) is 0.645. The molecule has 2 aliphatic heterocycles. The molecule has 2 aliphatic rings. The lowest BCUT2D eigenvalue weighted by Crippen LogP contribution is -2.57. The summed E-state index contributed by atoms with van der Waals surface area (Å²) in [6, 6.07) is 8.94. The number of rotatable bonds is 7. The Labute approximate surface area is 233 Å². The van der Waals surface area contributed by atoms with Gasteiger partial charge < -0.3 is 20.2 Å². The van der Waals surface area contributed by atoms with E-state index < -0.39 is 0 Å². The van der Waals surface area contributed by atoms with Crippen molar-refractivity contribution in [1.29, 1.82) is 0 Å². The number of allylic oxidation sites excluding steroid dienone is 2. The first-order valence-electron chi connectivity index (χ1n) is 14.3. The van der Waals surface area contributed by atoms with Crippen molar-refractivity contribution in [2.24, 2.45) is 0 Å². The number of amides is 1. The molecule has 7 heteroatoms. The van der Waals surface area contributed by atoms with Crippen LogP contribution in [0.1, 0.15) is 66.4 Å². The van der Waals surface area contributed by atoms with Crippen molar-refractivity contribution in [1.82, 2.24) is 20.0 Å². The number of nitrogens with zero attached hydrogens (tertiary/aromatic N) is 4. The fourth-order valence-electron chi connectivity index (χ4n) is 4.86. The first-order valence-corrected chi connectivity index (χ1v) is 14.3. The maximum Gasteiger partial charge on any atom is 0.236 e. The van der Waals surface area contributed by atoms with Crippen LogP contribution in [0.5, 0.6) is 0 Å². The number of carbonyl (C=O) groups is 1. The fourth-order valence-corrected chi connectivity index (χ4v) is 4.86. The number of carbonyl (C=O) groups excluding carboxylic acids is 1. The molecule has 7 nitrogen and oxygen atoms in total. The molecule has 0 aromatic heterocycles. The third kappa shape index (κ3) is 10.7. The molecule has 0 spiro atoms. The van der Waals surface area contributed by atoms with Crippen LogP contribution in [0.15, 0.2) is 48.9 Å². The zero-order valence-corrected chi connectivity index (χ0v) is 25.5. The Hall–Kier alpha value is -2.51. The van der Waals surface area contributed by atoms with Crippen LogP contribution >= 0.6 is 0 Å². The third-order valence-electron chi connectivity index (χ3n) is 7.12. The number of likely N-dealkylation sites (N-methyl/N-ethyl adjacent to an activating group) is 1. The van der Waals surface area contributed by atoms with Crippen molar-refractivity contribution >= 4 is 11.6 Å². The zero-order valence-electron chi connectivity index (χ0n) is 25.5. The SMILES string of the molecule is C=C(C)O.C=C(NC)C(CC)c1ccc(N2CCN(CC(=O)N3CCN(C(C)(C)C)CC3)CC2)cc1.CC. The van der Waals surface area contributed by atoms with Gasteiger partial charge in [0, 0.05) is 82.2 Å². The zero-order chi connectivity index (χ0) is 28.9. The second-order valence-electron chi connectivity index (χ2n) is 10.9. The summed E-state index contributed by atoms with van der Waals surface area (Å²) in [6.45, 7) is 29.7. The monoisotopic (exact) mass is 529 g/mol. The van der Waals surface area contributed by atoms with Crippen molar-refractivity contribution in [2.45, 2.75) is 66.3 Å². The van der Waals surface area contributed by atoms with E-state index in [2.05, 4.69) is 90.0 Å². The maximum absolute atomic E-state index is 12.8. The molecule has 216 valence electrons. The summed E-state index contributed by atoms with van der Waals surface area (Å²) >= 11 is 0. The summed E-state index contributed by atoms with van der Waals surface area (Å²) in [7, 11) is 1.94. The first kappa shape index (κ1) is 33.5. The Bertz CT molecular complexity index is 842. The number of hydrogen-bond acceptors (Lipinski definition) is 6. The minimum Gasteiger partial charge on any atom is -0.513 e. The van der Waals surface area contributed by atoms with Gasteiger partial charge >= 0.3 is 0 Å². The van der Waals surface area contributed by atoms with E-state index in [0.29, 0.717) is 12.5 Å². The number of aliphatic hydroxyl groups excluding tert-OH is 1. The lowest BCUT2D eigenvalue weighted by atomic mass is 9.93. The van der Waals surface area contributed by atoms with Crippen molar-refractivity contribution in [3.63, 3.8) is 0 Å². The lowest BCUT2D eigenvalue weighted by molar-refractivity contribution is -0.135. The van der Waals surface area contributed by atoms with Crippen LogP contribution in [-0.2, 0) is 4.79 Å². The van der Waals surface area contributed by atoms with Gasteiger partial charge in [0.15, 0.2) is 0 Å². The smallest absolute Gasteiger partial charge is 0.236 e. The topological polar surface area (TPSA) is 62.3 Å². The highest BCUT2D eigenvalue weighted by Crippen LogP contribution is 2.27. The number of benzene rings is 1. The predicted molar refractivity (Wildman–Crippen MR) is 163 cm³/mol. The molecule has 1 aromatic carbocycles. The first-order chi connectivity index (χ1) is 18.0. The van der Waals surface area contributed by atoms with Gasteiger partial charge in [0.2, 0.25) is 5.91 Å². The molecule has 1 amide bonds. The number of aliphatic hydroxyl groups is 1. The van der Waals surface area contributed by atoms with Crippen LogP contribution in [0.3, 0.4) is 0 Å². The Morgan fingerprint density at radius 3 is 1.89 bits per heavy atom. The molecule has 1 aromatic rings. The molecule has 0 radical (unpaired) electrons. The van der Waals surface area contributed by atoms with Crippen molar-refractivity contribution < 1.29 is 9.90 Å². The van der Waals surface area contributed by atoms with E-state index in [1.165, 1.54) is 18.2 Å². The summed E-state index contributed by atoms with van der Waals surface area (Å²) in [5, 5.41) is 11.1. The van der Waals surface area contributed by atoms with Crippen LogP contribution in [0.2, 0.25) is 0 Å². The quantitative estimate of drug-likeness (QED) is 0.480. The number of anilines is 1. The molecule has 0 saturated carbocycles. The average molecular weight is 530 g/mol. The number of piperazine rings is 2. The van der Waals surface area contributed by atoms with Gasteiger partial charge in [-0.15, -0.1) is 0 Å². The Kier molecular flexibility index (Phi) is 14.5. The van der Waals surface area contributed by atoms with Gasteiger partial charge in [-0.2, -0.15) is 0 Å². The van der Waals surface area contributed by atoms with Gasteiger partial charge in [0.05, 0.1) is 12.3 Å². The van der Waals surface area contributed by atoms with Gasteiger partial charge in [-0.05, 0) is 51.8 Å². The van der Waals surface area contributed by atoms with E-state index in [9.17, 15) is 4.79 Å². The summed E-state index contributed by atoms with van der Waals surface area (Å²) in [5.74, 6) is 0.800. The molecule has 38 heavy (non-hydrogen) atoms. The Morgan fingerprint density at radius 2 is 1.47 bits per heavy atom. The Balaban J connectivity index is 0.00000110. The van der Waals surface area contributed by atoms with Crippen molar-refractivity contribution in [2.75, 3.05) is 70.9 Å². The highest BCUT2D eigenvalue weighted by Gasteiger charge is 2.29. The second kappa shape index (κ2) is 16.5. The molecule has 2 fully saturated rings. The molecule has 1 atom stereocenters. The van der Waals surface area contributed by atoms with Gasteiger partial charge in [0.25, 0.3) is 0 Å². The summed E-state index contributed by atoms with van der Waals surface area (Å²) in [5.41, 5.74) is 3.83. The molecule has 0 bridgehead atoms. The highest BCUT2D eigenvalue weighted by atomic mass is 16.3. The van der Waals surface area contributed by atoms with E-state index in [4.69, 9.17) is 5.11 Å². The van der Waals surface area contributed by atoms with Crippen LogP contribution in [-0.4, -0.2) is 97.2 Å². The van der Waals surface area contributed by atoms with Crippen molar-refractivity contribution in [3.05, 3.63) is 54.4 Å². The third-order valence-corrected chi connectivity index (χ3v) is 7.12. The highest BCUT2D eigenvalue weighted by molar-refractivity contribution is 5.78. The number of nitrogens with one attached hydrogen (secondary N) is 1. The summed E-state index contributed by atoms with van der Waals surface area (Å²) in [6.07, 6.45) is 1.04. The predicted octanol–water partition coefficient (Wildman–Crippen LogP) is 5.08. The molecule has 2 heterocycles. The molecular formula is C31H55N5O2. The number of hydrogen-bond donors (Lipinski definition) is 2. The molecule has 3 rings (SSSR count). The average Bonchev–Trinajstić information content (AvgIpc) is 2.90. The maximum atomic E-state index is 12.8. The molecule has 1 unspecified atom stereocenters. The minimum absolute atomic E-state index is 0.167. The van der Waals surface area contributed by atoms with Crippen LogP contribution in [0.4, 0.5) is 5.69 Å². The summed E-state index contributed by atoms with van der Waals surface area (Å²) < 4.78 is 0. The van der Waals surface area contributed by atoms with Gasteiger partial charge in [-0.1, -0.05) is 46.1 Å². The standard InChI is InChI=1S/C26H43N5O.C3H6O.C2H6/c1-7-24(21(2)27-6)22-8-10-23(11-9-22)29-14-12-28(13-15-29)20-25(32)30-16-18-31(19-17-30)26(3,4)5;1-3(2)4;1-2/h8-11,24,27H,2,7,12-20H2,1,3-6H3;4H,1H2,2H3;1-2H3. The van der Waals surface area contributed by atoms with Gasteiger partial charge in [-0.3, -0.25) is 14.6 Å². The Morgan fingerprint density at radius 1 is 0.974 bits per heavy atom. The normalized spacial score (nSPS) is 17.4. The van der Waals surface area contributed by atoms with Crippen molar-refractivity contribution in [3.8, 4) is 0 Å². The van der Waals surface area contributed by atoms with Gasteiger partial charge in [0.1, 0.15) is 0 Å². The molecule has 2 N–H and O–H groups in total. The molecular weight excluding hydrogens is 474 g/mol. The lowest BCUT2D eigenvalue weighted by Gasteiger charge is -2.43. The molecule has 0 aliphatic carbocycles. The minimum atomic E-state index is 0.167. The molecule has 2 saturated heterocycles. The van der Waals surface area contributed by atoms with Crippen LogP contribution in [0.25, 0.3) is 0 Å². The van der Waals surface area contributed by atoms with E-state index in [0.717, 1.165) is 64.5 Å². The van der Waals surface area contributed by atoms with E-state index in [1.54, 1.807) is 0 Å². The van der Waals surface area contributed by atoms with Gasteiger partial charge in [-0.25, -0.2) is 0 Å². The largest absolute Gasteiger partial charge is 0.513 e. The van der Waals surface area contributed by atoms with E-state index in [1.807, 2.05) is 20.9 Å².